The van der Waals surface area contributed by atoms with E-state index in [1.54, 1.807) is 24.5 Å². The van der Waals surface area contributed by atoms with Gasteiger partial charge in [-0.25, -0.2) is 4.39 Å². The third-order valence-corrected chi connectivity index (χ3v) is 3.09. The van der Waals surface area contributed by atoms with Gasteiger partial charge in [-0.1, -0.05) is 17.8 Å². The number of hydrogen-bond donors (Lipinski definition) is 0. The van der Waals surface area contributed by atoms with Gasteiger partial charge in [0, 0.05) is 22.2 Å². The van der Waals surface area contributed by atoms with Crippen LogP contribution in [0.3, 0.4) is 0 Å². The van der Waals surface area contributed by atoms with Crippen molar-refractivity contribution in [1.29, 1.82) is 0 Å². The molecule has 0 aliphatic rings. The Bertz CT molecular complexity index is 502. The zero-order valence-corrected chi connectivity index (χ0v) is 9.08. The van der Waals surface area contributed by atoms with Crippen LogP contribution >= 0.6 is 11.8 Å². The topological polar surface area (TPSA) is 30.0 Å². The van der Waals surface area contributed by atoms with Crippen molar-refractivity contribution >= 4 is 18.0 Å². The molecule has 2 aromatic rings. The molecule has 1 aromatic heterocycles. The average Bonchev–Trinajstić information content (AvgIpc) is 2.31. The summed E-state index contributed by atoms with van der Waals surface area (Å²) < 4.78 is 13.3. The summed E-state index contributed by atoms with van der Waals surface area (Å²) in [6.07, 6.45) is 3.85. The second-order valence-electron chi connectivity index (χ2n) is 3.05. The Labute approximate surface area is 96.5 Å². The van der Waals surface area contributed by atoms with Crippen molar-refractivity contribution < 1.29 is 9.18 Å². The molecule has 2 nitrogen and oxygen atoms in total. The molecule has 0 aliphatic heterocycles. The number of rotatable bonds is 3. The summed E-state index contributed by atoms with van der Waals surface area (Å²) in [5.74, 6) is -0.492. The molecular formula is C12H8FNOS. The molecule has 1 heterocycles. The monoisotopic (exact) mass is 233 g/mol. The Balaban J connectivity index is 2.35. The smallest absolute Gasteiger partial charge is 0.154 e. The number of benzene rings is 1. The minimum absolute atomic E-state index is 0.101. The fraction of sp³-hybridized carbons (Fsp3) is 0. The first-order valence-corrected chi connectivity index (χ1v) is 5.44. The normalized spacial score (nSPS) is 10.1. The maximum absolute atomic E-state index is 13.3. The predicted octanol–water partition coefficient (Wildman–Crippen LogP) is 3.18. The largest absolute Gasteiger partial charge is 0.298 e. The lowest BCUT2D eigenvalue weighted by atomic mass is 10.2. The number of carbonyl (C=O) groups excluding carboxylic acids is 1. The molecule has 0 atom stereocenters. The van der Waals surface area contributed by atoms with Gasteiger partial charge in [0.15, 0.2) is 6.29 Å². The van der Waals surface area contributed by atoms with E-state index in [0.717, 1.165) is 4.90 Å². The average molecular weight is 233 g/mol. The van der Waals surface area contributed by atoms with E-state index in [-0.39, 0.29) is 5.56 Å². The van der Waals surface area contributed by atoms with Gasteiger partial charge in [-0.3, -0.25) is 9.78 Å². The molecule has 0 saturated heterocycles. The second kappa shape index (κ2) is 4.90. The molecule has 0 bridgehead atoms. The van der Waals surface area contributed by atoms with Gasteiger partial charge in [0.1, 0.15) is 5.82 Å². The van der Waals surface area contributed by atoms with Crippen LogP contribution in [0, 0.1) is 5.82 Å². The Morgan fingerprint density at radius 3 is 2.62 bits per heavy atom. The number of aldehydes is 1. The van der Waals surface area contributed by atoms with Crippen molar-refractivity contribution in [2.45, 2.75) is 9.79 Å². The maximum atomic E-state index is 13.3. The number of aromatic nitrogens is 1. The lowest BCUT2D eigenvalue weighted by molar-refractivity contribution is 0.111. The van der Waals surface area contributed by atoms with Crippen LogP contribution in [0.15, 0.2) is 52.5 Å². The van der Waals surface area contributed by atoms with Gasteiger partial charge in [0.2, 0.25) is 0 Å². The van der Waals surface area contributed by atoms with E-state index >= 15 is 0 Å². The van der Waals surface area contributed by atoms with Crippen LogP contribution in [0.2, 0.25) is 0 Å². The van der Waals surface area contributed by atoms with Gasteiger partial charge < -0.3 is 0 Å². The molecule has 80 valence electrons. The van der Waals surface area contributed by atoms with Crippen LogP contribution in [-0.2, 0) is 0 Å². The first kappa shape index (κ1) is 10.8. The van der Waals surface area contributed by atoms with Crippen molar-refractivity contribution in [3.05, 3.63) is 54.1 Å². The molecule has 0 fully saturated rings. The molecule has 0 N–H and O–H groups in total. The zero-order valence-electron chi connectivity index (χ0n) is 8.26. The third-order valence-electron chi connectivity index (χ3n) is 2.01. The molecule has 16 heavy (non-hydrogen) atoms. The highest BCUT2D eigenvalue weighted by Crippen LogP contribution is 2.30. The van der Waals surface area contributed by atoms with Crippen molar-refractivity contribution in [1.82, 2.24) is 4.98 Å². The van der Waals surface area contributed by atoms with Crippen LogP contribution in [0.4, 0.5) is 4.39 Å². The molecule has 0 radical (unpaired) electrons. The lowest BCUT2D eigenvalue weighted by Crippen LogP contribution is -1.90. The number of pyridine rings is 1. The van der Waals surface area contributed by atoms with Crippen LogP contribution in [-0.4, -0.2) is 11.3 Å². The summed E-state index contributed by atoms with van der Waals surface area (Å²) in [6.45, 7) is 0. The Morgan fingerprint density at radius 2 is 1.94 bits per heavy atom. The summed E-state index contributed by atoms with van der Waals surface area (Å²) in [5.41, 5.74) is 0.101. The molecule has 0 saturated carbocycles. The van der Waals surface area contributed by atoms with E-state index in [1.807, 2.05) is 12.1 Å². The standard InChI is InChI=1S/C12H8FNOS/c13-11-2-1-3-12(10(11)8-15)16-9-4-6-14-7-5-9/h1-8H. The van der Waals surface area contributed by atoms with Gasteiger partial charge in [0.25, 0.3) is 0 Å². The Hall–Kier alpha value is -1.68. The summed E-state index contributed by atoms with van der Waals surface area (Å²) in [6, 6.07) is 8.21. The van der Waals surface area contributed by atoms with Crippen molar-refractivity contribution in [3.63, 3.8) is 0 Å². The molecular weight excluding hydrogens is 225 g/mol. The van der Waals surface area contributed by atoms with E-state index in [9.17, 15) is 9.18 Å². The molecule has 2 rings (SSSR count). The third kappa shape index (κ3) is 2.28. The van der Waals surface area contributed by atoms with Crippen LogP contribution in [0.1, 0.15) is 10.4 Å². The van der Waals surface area contributed by atoms with Crippen molar-refractivity contribution in [2.24, 2.45) is 0 Å². The quantitative estimate of drug-likeness (QED) is 0.763. The Kier molecular flexibility index (Phi) is 3.31. The van der Waals surface area contributed by atoms with Gasteiger partial charge in [0.05, 0.1) is 5.56 Å². The Morgan fingerprint density at radius 1 is 1.19 bits per heavy atom. The fourth-order valence-corrected chi connectivity index (χ4v) is 2.17. The van der Waals surface area contributed by atoms with Crippen molar-refractivity contribution in [2.75, 3.05) is 0 Å². The highest BCUT2D eigenvalue weighted by molar-refractivity contribution is 7.99. The van der Waals surface area contributed by atoms with Gasteiger partial charge in [-0.2, -0.15) is 0 Å². The highest BCUT2D eigenvalue weighted by atomic mass is 32.2. The second-order valence-corrected chi connectivity index (χ2v) is 4.17. The molecule has 0 spiro atoms. The van der Waals surface area contributed by atoms with Gasteiger partial charge in [-0.05, 0) is 24.3 Å². The van der Waals surface area contributed by atoms with Gasteiger partial charge in [-0.15, -0.1) is 0 Å². The first-order valence-electron chi connectivity index (χ1n) is 4.63. The minimum atomic E-state index is -0.492. The molecule has 0 aliphatic carbocycles. The van der Waals surface area contributed by atoms with E-state index in [2.05, 4.69) is 4.98 Å². The minimum Gasteiger partial charge on any atom is -0.298 e. The van der Waals surface area contributed by atoms with E-state index < -0.39 is 5.82 Å². The molecule has 0 amide bonds. The number of halogens is 1. The van der Waals surface area contributed by atoms with E-state index in [0.29, 0.717) is 11.2 Å². The fourth-order valence-electron chi connectivity index (χ4n) is 1.25. The molecule has 0 unspecified atom stereocenters. The van der Waals surface area contributed by atoms with Gasteiger partial charge >= 0.3 is 0 Å². The number of nitrogens with zero attached hydrogens (tertiary/aromatic N) is 1. The number of hydrogen-bond acceptors (Lipinski definition) is 3. The number of carbonyl (C=O) groups is 1. The first-order chi connectivity index (χ1) is 7.81. The summed E-state index contributed by atoms with van der Waals surface area (Å²) >= 11 is 1.34. The SMILES string of the molecule is O=Cc1c(F)cccc1Sc1ccncc1. The van der Waals surface area contributed by atoms with Crippen LogP contribution in [0.25, 0.3) is 0 Å². The maximum Gasteiger partial charge on any atom is 0.154 e. The molecule has 4 heteroatoms. The van der Waals surface area contributed by atoms with Crippen LogP contribution < -0.4 is 0 Å². The molecule has 1 aromatic carbocycles. The van der Waals surface area contributed by atoms with Crippen molar-refractivity contribution in [3.8, 4) is 0 Å². The lowest BCUT2D eigenvalue weighted by Gasteiger charge is -2.04. The summed E-state index contributed by atoms with van der Waals surface area (Å²) in [4.78, 5) is 16.2. The zero-order chi connectivity index (χ0) is 11.4. The summed E-state index contributed by atoms with van der Waals surface area (Å²) in [7, 11) is 0. The predicted molar refractivity (Wildman–Crippen MR) is 60.1 cm³/mol. The summed E-state index contributed by atoms with van der Waals surface area (Å²) in [5, 5.41) is 0. The van der Waals surface area contributed by atoms with Crippen LogP contribution in [0.5, 0.6) is 0 Å². The van der Waals surface area contributed by atoms with E-state index in [1.165, 1.54) is 17.8 Å². The van der Waals surface area contributed by atoms with E-state index in [4.69, 9.17) is 0 Å². The highest BCUT2D eigenvalue weighted by Gasteiger charge is 2.08.